The van der Waals surface area contributed by atoms with E-state index in [0.717, 1.165) is 24.4 Å². The molecule has 0 aromatic carbocycles. The van der Waals surface area contributed by atoms with Crippen LogP contribution in [-0.4, -0.2) is 16.1 Å². The van der Waals surface area contributed by atoms with Gasteiger partial charge in [-0.1, -0.05) is 25.3 Å². The Kier molecular flexibility index (Phi) is 4.49. The molecule has 2 heterocycles. The molecular formula is C13H19N3OS. The maximum Gasteiger partial charge on any atom is 0.105 e. The summed E-state index contributed by atoms with van der Waals surface area (Å²) in [5.41, 5.74) is 1.09. The van der Waals surface area contributed by atoms with E-state index in [9.17, 15) is 0 Å². The Hall–Kier alpha value is -1.20. The summed E-state index contributed by atoms with van der Waals surface area (Å²) in [5, 5.41) is 7.74. The third kappa shape index (κ3) is 2.97. The Balaban J connectivity index is 2.21. The van der Waals surface area contributed by atoms with Crippen molar-refractivity contribution < 1.29 is 4.42 Å². The van der Waals surface area contributed by atoms with Gasteiger partial charge in [-0.25, -0.2) is 0 Å². The van der Waals surface area contributed by atoms with E-state index in [-0.39, 0.29) is 6.04 Å². The number of nitrogens with zero attached hydrogens (tertiary/aromatic N) is 2. The molecule has 1 atom stereocenters. The minimum absolute atomic E-state index is 0.235. The van der Waals surface area contributed by atoms with Crippen LogP contribution in [0.3, 0.4) is 0 Å². The van der Waals surface area contributed by atoms with Crippen molar-refractivity contribution in [2.24, 2.45) is 0 Å². The molecule has 18 heavy (non-hydrogen) atoms. The first kappa shape index (κ1) is 13.2. The van der Waals surface area contributed by atoms with Crippen molar-refractivity contribution in [1.82, 2.24) is 14.9 Å². The molecule has 98 valence electrons. The molecular weight excluding hydrogens is 246 g/mol. The molecule has 5 heteroatoms. The van der Waals surface area contributed by atoms with E-state index in [0.29, 0.717) is 5.92 Å². The van der Waals surface area contributed by atoms with E-state index >= 15 is 0 Å². The van der Waals surface area contributed by atoms with E-state index in [1.807, 2.05) is 12.1 Å². The number of hydrogen-bond donors (Lipinski definition) is 1. The van der Waals surface area contributed by atoms with Crippen LogP contribution in [0.15, 0.2) is 22.8 Å². The fourth-order valence-corrected chi connectivity index (χ4v) is 2.86. The van der Waals surface area contributed by atoms with Crippen molar-refractivity contribution in [3.8, 4) is 0 Å². The Morgan fingerprint density at radius 3 is 2.89 bits per heavy atom. The fraction of sp³-hybridized carbons (Fsp3) is 0.538. The monoisotopic (exact) mass is 265 g/mol. The third-order valence-electron chi connectivity index (χ3n) is 2.84. The first-order chi connectivity index (χ1) is 8.72. The van der Waals surface area contributed by atoms with E-state index in [4.69, 9.17) is 4.42 Å². The van der Waals surface area contributed by atoms with Gasteiger partial charge < -0.3 is 9.73 Å². The van der Waals surface area contributed by atoms with Crippen LogP contribution in [0.25, 0.3) is 0 Å². The molecule has 0 bridgehead atoms. The van der Waals surface area contributed by atoms with E-state index in [1.54, 1.807) is 6.26 Å². The summed E-state index contributed by atoms with van der Waals surface area (Å²) in [6, 6.07) is 4.17. The first-order valence-corrected chi connectivity index (χ1v) is 7.07. The Morgan fingerprint density at radius 2 is 2.28 bits per heavy atom. The van der Waals surface area contributed by atoms with Gasteiger partial charge in [0.15, 0.2) is 0 Å². The molecule has 1 unspecified atom stereocenters. The number of aromatic nitrogens is 2. The first-order valence-electron chi connectivity index (χ1n) is 6.30. The highest BCUT2D eigenvalue weighted by atomic mass is 32.1. The summed E-state index contributed by atoms with van der Waals surface area (Å²) in [6.45, 7) is 7.33. The van der Waals surface area contributed by atoms with Crippen molar-refractivity contribution in [3.05, 3.63) is 34.7 Å². The smallest absolute Gasteiger partial charge is 0.105 e. The zero-order valence-corrected chi connectivity index (χ0v) is 11.8. The SMILES string of the molecule is CCNC(Cc1ccco1)c1snnc1C(C)C. The van der Waals surface area contributed by atoms with Gasteiger partial charge in [0.1, 0.15) is 5.76 Å². The Morgan fingerprint density at radius 1 is 1.44 bits per heavy atom. The summed E-state index contributed by atoms with van der Waals surface area (Å²) in [7, 11) is 0. The molecule has 0 saturated carbocycles. The van der Waals surface area contributed by atoms with Gasteiger partial charge in [-0.3, -0.25) is 0 Å². The summed E-state index contributed by atoms with van der Waals surface area (Å²) in [5.74, 6) is 1.39. The van der Waals surface area contributed by atoms with Crippen LogP contribution in [-0.2, 0) is 6.42 Å². The Labute approximate surface area is 112 Å². The highest BCUT2D eigenvalue weighted by Crippen LogP contribution is 2.28. The van der Waals surface area contributed by atoms with E-state index in [1.165, 1.54) is 16.4 Å². The molecule has 0 aliphatic rings. The zero-order chi connectivity index (χ0) is 13.0. The predicted octanol–water partition coefficient (Wildman–Crippen LogP) is 3.15. The lowest BCUT2D eigenvalue weighted by Crippen LogP contribution is -2.23. The predicted molar refractivity (Wildman–Crippen MR) is 72.8 cm³/mol. The average molecular weight is 265 g/mol. The topological polar surface area (TPSA) is 51.0 Å². The molecule has 0 amide bonds. The molecule has 0 aliphatic heterocycles. The molecule has 0 fully saturated rings. The number of furan rings is 1. The molecule has 0 spiro atoms. The lowest BCUT2D eigenvalue weighted by atomic mass is 10.0. The molecule has 2 aromatic heterocycles. The van der Waals surface area contributed by atoms with Crippen LogP contribution in [0, 0.1) is 0 Å². The van der Waals surface area contributed by atoms with E-state index < -0.39 is 0 Å². The van der Waals surface area contributed by atoms with Gasteiger partial charge in [-0.05, 0) is 36.1 Å². The van der Waals surface area contributed by atoms with Gasteiger partial charge in [0.05, 0.1) is 22.9 Å². The van der Waals surface area contributed by atoms with E-state index in [2.05, 4.69) is 35.7 Å². The quantitative estimate of drug-likeness (QED) is 0.871. The van der Waals surface area contributed by atoms with Crippen LogP contribution in [0.2, 0.25) is 0 Å². The summed E-state index contributed by atoms with van der Waals surface area (Å²) >= 11 is 1.48. The van der Waals surface area contributed by atoms with Crippen molar-refractivity contribution in [2.75, 3.05) is 6.54 Å². The highest BCUT2D eigenvalue weighted by molar-refractivity contribution is 7.05. The van der Waals surface area contributed by atoms with Crippen LogP contribution in [0.1, 0.15) is 49.1 Å². The molecule has 1 N–H and O–H groups in total. The maximum absolute atomic E-state index is 5.43. The fourth-order valence-electron chi connectivity index (χ4n) is 1.98. The molecule has 0 radical (unpaired) electrons. The van der Waals surface area contributed by atoms with Gasteiger partial charge >= 0.3 is 0 Å². The largest absolute Gasteiger partial charge is 0.469 e. The highest BCUT2D eigenvalue weighted by Gasteiger charge is 2.21. The van der Waals surface area contributed by atoms with Crippen molar-refractivity contribution >= 4 is 11.5 Å². The summed E-state index contributed by atoms with van der Waals surface area (Å²) in [4.78, 5) is 1.23. The number of likely N-dealkylation sites (N-methyl/N-ethyl adjacent to an activating group) is 1. The molecule has 0 aliphatic carbocycles. The molecule has 4 nitrogen and oxygen atoms in total. The van der Waals surface area contributed by atoms with Crippen LogP contribution in [0.4, 0.5) is 0 Å². The second kappa shape index (κ2) is 6.11. The average Bonchev–Trinajstić information content (AvgIpc) is 2.99. The minimum Gasteiger partial charge on any atom is -0.469 e. The van der Waals surface area contributed by atoms with Gasteiger partial charge in [-0.2, -0.15) is 0 Å². The molecule has 0 saturated heterocycles. The zero-order valence-electron chi connectivity index (χ0n) is 11.0. The molecule has 2 rings (SSSR count). The van der Waals surface area contributed by atoms with Crippen LogP contribution >= 0.6 is 11.5 Å². The standard InChI is InChI=1S/C13H19N3OS/c1-4-14-11(8-10-6-5-7-17-10)13-12(9(2)3)15-16-18-13/h5-7,9,11,14H,4,8H2,1-3H3. The lowest BCUT2D eigenvalue weighted by molar-refractivity contribution is 0.455. The summed E-state index contributed by atoms with van der Waals surface area (Å²) in [6.07, 6.45) is 2.55. The second-order valence-electron chi connectivity index (χ2n) is 4.57. The number of rotatable bonds is 6. The van der Waals surface area contributed by atoms with Gasteiger partial charge in [-0.15, -0.1) is 5.10 Å². The molecule has 2 aromatic rings. The Bertz CT molecular complexity index is 464. The van der Waals surface area contributed by atoms with Crippen molar-refractivity contribution in [3.63, 3.8) is 0 Å². The third-order valence-corrected chi connectivity index (χ3v) is 3.69. The van der Waals surface area contributed by atoms with Gasteiger partial charge in [0.25, 0.3) is 0 Å². The maximum atomic E-state index is 5.43. The van der Waals surface area contributed by atoms with Crippen molar-refractivity contribution in [1.29, 1.82) is 0 Å². The number of hydrogen-bond acceptors (Lipinski definition) is 5. The lowest BCUT2D eigenvalue weighted by Gasteiger charge is -2.16. The second-order valence-corrected chi connectivity index (χ2v) is 5.36. The van der Waals surface area contributed by atoms with Crippen LogP contribution in [0.5, 0.6) is 0 Å². The van der Waals surface area contributed by atoms with Crippen LogP contribution < -0.4 is 5.32 Å². The minimum atomic E-state index is 0.235. The van der Waals surface area contributed by atoms with Gasteiger partial charge in [0.2, 0.25) is 0 Å². The normalized spacial score (nSPS) is 13.1. The number of nitrogens with one attached hydrogen (secondary N) is 1. The van der Waals surface area contributed by atoms with Crippen molar-refractivity contribution in [2.45, 2.75) is 39.2 Å². The summed E-state index contributed by atoms with van der Waals surface area (Å²) < 4.78 is 9.53. The van der Waals surface area contributed by atoms with Gasteiger partial charge in [0, 0.05) is 6.42 Å².